The Kier molecular flexibility index (Phi) is 6.02. The molecule has 2 aliphatic rings. The quantitative estimate of drug-likeness (QED) is 0.765. The number of carbonyl (C=O) groups is 2. The van der Waals surface area contributed by atoms with Crippen LogP contribution in [0.2, 0.25) is 0 Å². The van der Waals surface area contributed by atoms with Crippen molar-refractivity contribution in [3.63, 3.8) is 0 Å². The Morgan fingerprint density at radius 2 is 2.00 bits per heavy atom. The van der Waals surface area contributed by atoms with Crippen molar-refractivity contribution < 1.29 is 19.4 Å². The Hall–Kier alpha value is -2.12. The molecule has 7 heteroatoms. The van der Waals surface area contributed by atoms with E-state index in [0.717, 1.165) is 17.9 Å². The van der Waals surface area contributed by atoms with E-state index >= 15 is 0 Å². The average molecular weight is 349 g/mol. The van der Waals surface area contributed by atoms with E-state index < -0.39 is 17.5 Å². The summed E-state index contributed by atoms with van der Waals surface area (Å²) in [7, 11) is 1.59. The van der Waals surface area contributed by atoms with E-state index in [0.29, 0.717) is 19.5 Å². The van der Waals surface area contributed by atoms with Crippen LogP contribution in [0, 0.1) is 0 Å². The van der Waals surface area contributed by atoms with Crippen LogP contribution in [-0.2, 0) is 9.59 Å². The standard InChI is InChI=1S/C16H21N3O4.C2H6/c1-23-12-5-3-11(4-6-12)18-10-16(15(18)22)7-2-8-19(16)13(9-20)14(17)21;1-2/h3-6,13,20H,2,7-10H2,1H3,(H2,17,21);1-2H3. The summed E-state index contributed by atoms with van der Waals surface area (Å²) in [6, 6.07) is 6.47. The summed E-state index contributed by atoms with van der Waals surface area (Å²) in [6.45, 7) is 4.73. The zero-order valence-corrected chi connectivity index (χ0v) is 15.1. The van der Waals surface area contributed by atoms with Crippen molar-refractivity contribution >= 4 is 17.5 Å². The maximum Gasteiger partial charge on any atom is 0.249 e. The highest BCUT2D eigenvalue weighted by Crippen LogP contribution is 2.42. The molecule has 138 valence electrons. The number of anilines is 1. The number of primary amides is 1. The third kappa shape index (κ3) is 3.21. The van der Waals surface area contributed by atoms with E-state index in [2.05, 4.69) is 0 Å². The lowest BCUT2D eigenvalue weighted by Crippen LogP contribution is -2.75. The minimum absolute atomic E-state index is 0.0418. The Balaban J connectivity index is 0.00000109. The number of ether oxygens (including phenoxy) is 1. The molecule has 2 atom stereocenters. The minimum atomic E-state index is -0.806. The molecule has 0 saturated carbocycles. The van der Waals surface area contributed by atoms with Gasteiger partial charge in [0, 0.05) is 12.2 Å². The van der Waals surface area contributed by atoms with E-state index in [9.17, 15) is 14.7 Å². The smallest absolute Gasteiger partial charge is 0.249 e. The molecule has 1 aromatic carbocycles. The van der Waals surface area contributed by atoms with E-state index in [4.69, 9.17) is 10.5 Å². The number of aliphatic hydroxyl groups excluding tert-OH is 1. The minimum Gasteiger partial charge on any atom is -0.497 e. The molecule has 2 heterocycles. The SMILES string of the molecule is CC.COc1ccc(N2CC3(CCCN3C(CO)C(N)=O)C2=O)cc1. The number of benzene rings is 1. The lowest BCUT2D eigenvalue weighted by molar-refractivity contribution is -0.142. The van der Waals surface area contributed by atoms with Crippen LogP contribution >= 0.6 is 0 Å². The van der Waals surface area contributed by atoms with Gasteiger partial charge in [-0.1, -0.05) is 13.8 Å². The van der Waals surface area contributed by atoms with Crippen molar-refractivity contribution in [2.24, 2.45) is 5.73 Å². The number of nitrogens with zero attached hydrogens (tertiary/aromatic N) is 2. The fraction of sp³-hybridized carbons (Fsp3) is 0.556. The number of aliphatic hydroxyl groups is 1. The summed E-state index contributed by atoms with van der Waals surface area (Å²) < 4.78 is 5.12. The third-order valence-electron chi connectivity index (χ3n) is 4.86. The predicted octanol–water partition coefficient (Wildman–Crippen LogP) is 0.749. The first kappa shape index (κ1) is 19.2. The Morgan fingerprint density at radius 3 is 2.48 bits per heavy atom. The molecule has 3 rings (SSSR count). The van der Waals surface area contributed by atoms with Gasteiger partial charge in [0.25, 0.3) is 0 Å². The third-order valence-corrected chi connectivity index (χ3v) is 4.86. The van der Waals surface area contributed by atoms with Crippen LogP contribution in [0.3, 0.4) is 0 Å². The molecule has 3 N–H and O–H groups in total. The zero-order valence-electron chi connectivity index (χ0n) is 15.1. The Bertz CT molecular complexity index is 619. The molecule has 2 fully saturated rings. The molecular weight excluding hydrogens is 322 g/mol. The van der Waals surface area contributed by atoms with Crippen molar-refractivity contribution in [3.05, 3.63) is 24.3 Å². The maximum absolute atomic E-state index is 12.8. The average Bonchev–Trinajstić information content (AvgIpc) is 3.08. The van der Waals surface area contributed by atoms with E-state index in [1.54, 1.807) is 29.0 Å². The van der Waals surface area contributed by atoms with Crippen molar-refractivity contribution in [1.82, 2.24) is 4.90 Å². The van der Waals surface area contributed by atoms with Crippen LogP contribution in [0.1, 0.15) is 26.7 Å². The lowest BCUT2D eigenvalue weighted by atomic mass is 9.84. The summed E-state index contributed by atoms with van der Waals surface area (Å²) in [4.78, 5) is 27.8. The van der Waals surface area contributed by atoms with Gasteiger partial charge in [-0.05, 0) is 37.1 Å². The van der Waals surface area contributed by atoms with Crippen molar-refractivity contribution in [2.45, 2.75) is 38.3 Å². The molecule has 0 bridgehead atoms. The molecule has 2 saturated heterocycles. The van der Waals surface area contributed by atoms with Crippen molar-refractivity contribution in [3.8, 4) is 5.75 Å². The molecule has 0 aliphatic carbocycles. The van der Waals surface area contributed by atoms with Gasteiger partial charge in [-0.15, -0.1) is 0 Å². The Morgan fingerprint density at radius 1 is 1.36 bits per heavy atom. The zero-order chi connectivity index (χ0) is 18.6. The molecule has 25 heavy (non-hydrogen) atoms. The van der Waals surface area contributed by atoms with Crippen LogP contribution in [0.5, 0.6) is 5.75 Å². The number of β-lactam (4-membered cyclic amide) rings is 1. The number of likely N-dealkylation sites (tertiary alicyclic amines) is 1. The molecule has 1 aromatic rings. The molecule has 2 unspecified atom stereocenters. The van der Waals surface area contributed by atoms with Gasteiger partial charge in [-0.2, -0.15) is 0 Å². The maximum atomic E-state index is 12.8. The van der Waals surface area contributed by atoms with Gasteiger partial charge in [0.05, 0.1) is 20.3 Å². The molecule has 2 aliphatic heterocycles. The van der Waals surface area contributed by atoms with E-state index in [1.165, 1.54) is 0 Å². The first-order chi connectivity index (χ1) is 12.0. The van der Waals surface area contributed by atoms with Crippen LogP contribution in [0.15, 0.2) is 24.3 Å². The largest absolute Gasteiger partial charge is 0.497 e. The molecule has 2 amide bonds. The Labute approximate surface area is 148 Å². The van der Waals surface area contributed by atoms with Crippen LogP contribution in [-0.4, -0.2) is 60.2 Å². The van der Waals surface area contributed by atoms with Crippen molar-refractivity contribution in [2.75, 3.05) is 31.7 Å². The number of amides is 2. The number of rotatable bonds is 5. The fourth-order valence-electron chi connectivity index (χ4n) is 3.63. The van der Waals surface area contributed by atoms with Gasteiger partial charge >= 0.3 is 0 Å². The monoisotopic (exact) mass is 349 g/mol. The highest BCUT2D eigenvalue weighted by molar-refractivity contribution is 6.08. The summed E-state index contributed by atoms with van der Waals surface area (Å²) in [6.07, 6.45) is 1.49. The normalized spacial score (nSPS) is 23.7. The van der Waals surface area contributed by atoms with E-state index in [-0.39, 0.29) is 12.5 Å². The fourth-order valence-corrected chi connectivity index (χ4v) is 3.63. The van der Waals surface area contributed by atoms with Gasteiger partial charge in [0.2, 0.25) is 11.8 Å². The number of methoxy groups -OCH3 is 1. The summed E-state index contributed by atoms with van der Waals surface area (Å²) in [5.74, 6) is 0.0948. The second-order valence-corrected chi connectivity index (χ2v) is 6.02. The molecule has 0 radical (unpaired) electrons. The first-order valence-electron chi connectivity index (χ1n) is 8.66. The van der Waals surface area contributed by atoms with Crippen LogP contribution in [0.25, 0.3) is 0 Å². The highest BCUT2D eigenvalue weighted by atomic mass is 16.5. The van der Waals surface area contributed by atoms with Gasteiger partial charge < -0.3 is 20.5 Å². The molecular formula is C18H27N3O4. The lowest BCUT2D eigenvalue weighted by Gasteiger charge is -2.52. The topological polar surface area (TPSA) is 96.1 Å². The van der Waals surface area contributed by atoms with E-state index in [1.807, 2.05) is 26.0 Å². The second-order valence-electron chi connectivity index (χ2n) is 6.02. The molecule has 0 aromatic heterocycles. The van der Waals surface area contributed by atoms with Gasteiger partial charge in [0.1, 0.15) is 17.3 Å². The van der Waals surface area contributed by atoms with Crippen LogP contribution in [0.4, 0.5) is 5.69 Å². The highest BCUT2D eigenvalue weighted by Gasteiger charge is 2.60. The summed E-state index contributed by atoms with van der Waals surface area (Å²) in [5, 5.41) is 9.45. The van der Waals surface area contributed by atoms with Crippen LogP contribution < -0.4 is 15.4 Å². The van der Waals surface area contributed by atoms with Gasteiger partial charge in [0.15, 0.2) is 0 Å². The predicted molar refractivity (Wildman–Crippen MR) is 95.4 cm³/mol. The molecule has 7 nitrogen and oxygen atoms in total. The number of carbonyl (C=O) groups excluding carboxylic acids is 2. The summed E-state index contributed by atoms with van der Waals surface area (Å²) in [5.41, 5.74) is 5.46. The number of hydrogen-bond donors (Lipinski definition) is 2. The van der Waals surface area contributed by atoms with Crippen molar-refractivity contribution in [1.29, 1.82) is 0 Å². The number of hydrogen-bond acceptors (Lipinski definition) is 5. The first-order valence-corrected chi connectivity index (χ1v) is 8.66. The number of nitrogens with two attached hydrogens (primary N) is 1. The molecule has 1 spiro atoms. The summed E-state index contributed by atoms with van der Waals surface area (Å²) >= 11 is 0. The van der Waals surface area contributed by atoms with Gasteiger partial charge in [-0.25, -0.2) is 0 Å². The van der Waals surface area contributed by atoms with Gasteiger partial charge in [-0.3, -0.25) is 14.5 Å². The second kappa shape index (κ2) is 7.84.